The summed E-state index contributed by atoms with van der Waals surface area (Å²) in [6, 6.07) is 9.94. The third-order valence-corrected chi connectivity index (χ3v) is 3.96. The summed E-state index contributed by atoms with van der Waals surface area (Å²) in [5, 5.41) is 3.40. The van der Waals surface area contributed by atoms with Crippen molar-refractivity contribution in [2.75, 3.05) is 13.2 Å². The van der Waals surface area contributed by atoms with Crippen molar-refractivity contribution >= 4 is 15.9 Å². The fraction of sp³-hybridized carbons (Fsp3) is 0.389. The summed E-state index contributed by atoms with van der Waals surface area (Å²) in [6.45, 7) is 6.82. The largest absolute Gasteiger partial charge is 0.490 e. The van der Waals surface area contributed by atoms with Gasteiger partial charge in [-0.2, -0.15) is 0 Å². The third-order valence-electron chi connectivity index (χ3n) is 3.22. The van der Waals surface area contributed by atoms with E-state index in [0.29, 0.717) is 13.2 Å². The van der Waals surface area contributed by atoms with Crippen molar-refractivity contribution < 1.29 is 9.47 Å². The van der Waals surface area contributed by atoms with Crippen LogP contribution in [0.2, 0.25) is 0 Å². The zero-order valence-corrected chi connectivity index (χ0v) is 15.2. The molecule has 0 atom stereocenters. The molecule has 0 amide bonds. The van der Waals surface area contributed by atoms with Crippen LogP contribution in [-0.2, 0) is 13.1 Å². The van der Waals surface area contributed by atoms with Crippen molar-refractivity contribution in [3.63, 3.8) is 0 Å². The molecule has 1 aromatic heterocycles. The lowest BCUT2D eigenvalue weighted by Gasteiger charge is -2.15. The molecular formula is C18H23BrN2O2. The summed E-state index contributed by atoms with van der Waals surface area (Å²) in [7, 11) is 0. The minimum atomic E-state index is 0.616. The van der Waals surface area contributed by atoms with E-state index >= 15 is 0 Å². The van der Waals surface area contributed by atoms with Gasteiger partial charge in [0.25, 0.3) is 0 Å². The van der Waals surface area contributed by atoms with Crippen LogP contribution in [0.15, 0.2) is 41.0 Å². The van der Waals surface area contributed by atoms with Gasteiger partial charge in [0.1, 0.15) is 0 Å². The predicted molar refractivity (Wildman–Crippen MR) is 95.9 cm³/mol. The summed E-state index contributed by atoms with van der Waals surface area (Å²) in [5.74, 6) is 1.58. The molecular weight excluding hydrogens is 356 g/mol. The van der Waals surface area contributed by atoms with Crippen LogP contribution in [0.25, 0.3) is 0 Å². The maximum atomic E-state index is 5.76. The van der Waals surface area contributed by atoms with Gasteiger partial charge in [0.2, 0.25) is 0 Å². The van der Waals surface area contributed by atoms with E-state index in [-0.39, 0.29) is 0 Å². The number of halogens is 1. The van der Waals surface area contributed by atoms with Gasteiger partial charge in [-0.25, -0.2) is 0 Å². The first-order valence-electron chi connectivity index (χ1n) is 7.93. The van der Waals surface area contributed by atoms with E-state index in [0.717, 1.165) is 46.7 Å². The molecule has 23 heavy (non-hydrogen) atoms. The molecule has 0 fully saturated rings. The molecule has 0 aliphatic rings. The summed E-state index contributed by atoms with van der Waals surface area (Å²) in [4.78, 5) is 4.31. The number of pyridine rings is 1. The quantitative estimate of drug-likeness (QED) is 0.705. The predicted octanol–water partition coefficient (Wildman–Crippen LogP) is 4.32. The van der Waals surface area contributed by atoms with Crippen LogP contribution < -0.4 is 14.8 Å². The van der Waals surface area contributed by atoms with Crippen molar-refractivity contribution in [2.24, 2.45) is 0 Å². The highest BCUT2D eigenvalue weighted by molar-refractivity contribution is 9.10. The number of hydrogen-bond acceptors (Lipinski definition) is 4. The first kappa shape index (κ1) is 17.8. The Morgan fingerprint density at radius 1 is 1.09 bits per heavy atom. The minimum absolute atomic E-state index is 0.616. The number of hydrogen-bond donors (Lipinski definition) is 1. The molecule has 1 heterocycles. The van der Waals surface area contributed by atoms with Gasteiger partial charge in [0.15, 0.2) is 11.5 Å². The lowest BCUT2D eigenvalue weighted by molar-refractivity contribution is 0.276. The Kier molecular flexibility index (Phi) is 7.36. The van der Waals surface area contributed by atoms with E-state index in [1.807, 2.05) is 37.3 Å². The first-order valence-corrected chi connectivity index (χ1v) is 8.72. The van der Waals surface area contributed by atoms with Gasteiger partial charge in [0.05, 0.1) is 18.9 Å². The highest BCUT2D eigenvalue weighted by Gasteiger charge is 2.10. The zero-order valence-electron chi connectivity index (χ0n) is 13.6. The lowest BCUT2D eigenvalue weighted by Crippen LogP contribution is -2.14. The van der Waals surface area contributed by atoms with Crippen molar-refractivity contribution in [1.29, 1.82) is 0 Å². The van der Waals surface area contributed by atoms with Gasteiger partial charge >= 0.3 is 0 Å². The van der Waals surface area contributed by atoms with Crippen molar-refractivity contribution in [1.82, 2.24) is 10.3 Å². The van der Waals surface area contributed by atoms with E-state index < -0.39 is 0 Å². The molecule has 0 aliphatic carbocycles. The lowest BCUT2D eigenvalue weighted by atomic mass is 10.2. The third kappa shape index (κ3) is 5.52. The van der Waals surface area contributed by atoms with Gasteiger partial charge in [0, 0.05) is 23.8 Å². The van der Waals surface area contributed by atoms with Crippen LogP contribution in [0.4, 0.5) is 0 Å². The van der Waals surface area contributed by atoms with Gasteiger partial charge < -0.3 is 14.8 Å². The first-order chi connectivity index (χ1) is 11.2. The van der Waals surface area contributed by atoms with E-state index in [1.165, 1.54) is 0 Å². The van der Waals surface area contributed by atoms with Crippen LogP contribution in [0.3, 0.4) is 0 Å². The van der Waals surface area contributed by atoms with Gasteiger partial charge in [-0.1, -0.05) is 28.9 Å². The Hall–Kier alpha value is -1.59. The van der Waals surface area contributed by atoms with E-state index in [2.05, 4.69) is 33.2 Å². The number of benzene rings is 1. The molecule has 0 unspecified atom stereocenters. The Labute approximate surface area is 146 Å². The summed E-state index contributed by atoms with van der Waals surface area (Å²) in [6.07, 6.45) is 2.77. The molecule has 0 spiro atoms. The molecule has 5 heteroatoms. The highest BCUT2D eigenvalue weighted by atomic mass is 79.9. The van der Waals surface area contributed by atoms with Crippen LogP contribution in [-0.4, -0.2) is 18.2 Å². The summed E-state index contributed by atoms with van der Waals surface area (Å²) >= 11 is 3.62. The van der Waals surface area contributed by atoms with Crippen LogP contribution in [0.5, 0.6) is 11.5 Å². The number of nitrogens with one attached hydrogen (secondary N) is 1. The molecule has 0 aliphatic heterocycles. The molecule has 0 saturated heterocycles. The van der Waals surface area contributed by atoms with Gasteiger partial charge in [-0.05, 0) is 43.2 Å². The van der Waals surface area contributed by atoms with Crippen LogP contribution in [0, 0.1) is 0 Å². The highest BCUT2D eigenvalue weighted by Crippen LogP contribution is 2.34. The Morgan fingerprint density at radius 3 is 2.61 bits per heavy atom. The van der Waals surface area contributed by atoms with Crippen molar-refractivity contribution in [2.45, 2.75) is 33.4 Å². The fourth-order valence-electron chi connectivity index (χ4n) is 2.13. The molecule has 2 aromatic rings. The Morgan fingerprint density at radius 2 is 1.91 bits per heavy atom. The van der Waals surface area contributed by atoms with E-state index in [9.17, 15) is 0 Å². The summed E-state index contributed by atoms with van der Waals surface area (Å²) in [5.41, 5.74) is 2.16. The van der Waals surface area contributed by atoms with Crippen LogP contribution in [0.1, 0.15) is 31.5 Å². The number of ether oxygens (including phenoxy) is 2. The normalized spacial score (nSPS) is 10.6. The standard InChI is InChI=1S/C18H23BrN2O2/c1-3-9-23-18-11-16(19)14(10-17(18)22-4-2)12-20-13-15-7-5-6-8-21-15/h5-8,10-11,20H,3-4,9,12-13H2,1-2H3. The molecule has 124 valence electrons. The molecule has 0 radical (unpaired) electrons. The topological polar surface area (TPSA) is 43.4 Å². The number of aromatic nitrogens is 1. The smallest absolute Gasteiger partial charge is 0.162 e. The second-order valence-electron chi connectivity index (χ2n) is 5.10. The maximum absolute atomic E-state index is 5.76. The van der Waals surface area contributed by atoms with Gasteiger partial charge in [-0.15, -0.1) is 0 Å². The van der Waals surface area contributed by atoms with Gasteiger partial charge in [-0.3, -0.25) is 4.98 Å². The second-order valence-corrected chi connectivity index (χ2v) is 5.95. The molecule has 1 N–H and O–H groups in total. The fourth-order valence-corrected chi connectivity index (χ4v) is 2.60. The SMILES string of the molecule is CCCOc1cc(Br)c(CNCc2ccccn2)cc1OCC. The Bertz CT molecular complexity index is 605. The molecule has 2 rings (SSSR count). The second kappa shape index (κ2) is 9.53. The monoisotopic (exact) mass is 378 g/mol. The average molecular weight is 379 g/mol. The van der Waals surface area contributed by atoms with Crippen molar-refractivity contribution in [3.8, 4) is 11.5 Å². The average Bonchev–Trinajstić information content (AvgIpc) is 2.57. The maximum Gasteiger partial charge on any atom is 0.162 e. The van der Waals surface area contributed by atoms with E-state index in [1.54, 1.807) is 6.20 Å². The van der Waals surface area contributed by atoms with E-state index in [4.69, 9.17) is 9.47 Å². The Balaban J connectivity index is 2.04. The molecule has 4 nitrogen and oxygen atoms in total. The van der Waals surface area contributed by atoms with Crippen molar-refractivity contribution in [3.05, 3.63) is 52.3 Å². The summed E-state index contributed by atoms with van der Waals surface area (Å²) < 4.78 is 12.5. The number of rotatable bonds is 9. The molecule has 0 bridgehead atoms. The minimum Gasteiger partial charge on any atom is -0.490 e. The molecule has 1 aromatic carbocycles. The molecule has 0 saturated carbocycles. The zero-order chi connectivity index (χ0) is 16.5. The number of nitrogens with zero attached hydrogens (tertiary/aromatic N) is 1. The van der Waals surface area contributed by atoms with Crippen LogP contribution >= 0.6 is 15.9 Å².